The summed E-state index contributed by atoms with van der Waals surface area (Å²) in [7, 11) is 0. The third-order valence-corrected chi connectivity index (χ3v) is 5.33. The Morgan fingerprint density at radius 2 is 1.60 bits per heavy atom. The molecule has 0 aromatic carbocycles. The first-order valence-electron chi connectivity index (χ1n) is 8.84. The van der Waals surface area contributed by atoms with Gasteiger partial charge in [0.25, 0.3) is 0 Å². The van der Waals surface area contributed by atoms with Crippen molar-refractivity contribution in [2.75, 3.05) is 6.54 Å². The van der Waals surface area contributed by atoms with E-state index in [9.17, 15) is 0 Å². The Labute approximate surface area is 126 Å². The molecule has 0 aromatic rings. The lowest BCUT2D eigenvalue weighted by Gasteiger charge is -2.47. The molecule has 0 radical (unpaired) electrons. The van der Waals surface area contributed by atoms with E-state index in [-0.39, 0.29) is 11.1 Å². The quantitative estimate of drug-likeness (QED) is 0.792. The monoisotopic (exact) mass is 280 g/mol. The van der Waals surface area contributed by atoms with Crippen molar-refractivity contribution in [1.29, 1.82) is 0 Å². The van der Waals surface area contributed by atoms with Gasteiger partial charge in [-0.25, -0.2) is 0 Å². The molecule has 2 unspecified atom stereocenters. The summed E-state index contributed by atoms with van der Waals surface area (Å²) in [6, 6.07) is 0.684. The van der Waals surface area contributed by atoms with Crippen molar-refractivity contribution in [3.05, 3.63) is 0 Å². The van der Waals surface area contributed by atoms with Crippen molar-refractivity contribution in [2.24, 2.45) is 11.8 Å². The van der Waals surface area contributed by atoms with E-state index in [1.54, 1.807) is 0 Å². The molecule has 2 atom stereocenters. The number of piperidine rings is 1. The Kier molecular flexibility index (Phi) is 5.18. The fourth-order valence-electron chi connectivity index (χ4n) is 4.92. The number of nitrogens with one attached hydrogen (secondary N) is 2. The summed E-state index contributed by atoms with van der Waals surface area (Å²) in [6.07, 6.45) is 9.69. The third-order valence-electron chi connectivity index (χ3n) is 5.33. The van der Waals surface area contributed by atoms with E-state index >= 15 is 0 Å². The van der Waals surface area contributed by atoms with E-state index in [2.05, 4.69) is 45.3 Å². The fraction of sp³-hybridized carbons (Fsp3) is 1.00. The molecule has 118 valence electrons. The highest BCUT2D eigenvalue weighted by molar-refractivity contribution is 4.99. The maximum Gasteiger partial charge on any atom is 0.0144 e. The van der Waals surface area contributed by atoms with Crippen LogP contribution in [0.2, 0.25) is 0 Å². The van der Waals surface area contributed by atoms with Crippen LogP contribution < -0.4 is 10.6 Å². The summed E-state index contributed by atoms with van der Waals surface area (Å²) in [5, 5.41) is 7.70. The Balaban J connectivity index is 1.84. The van der Waals surface area contributed by atoms with Crippen LogP contribution >= 0.6 is 0 Å². The summed E-state index contributed by atoms with van der Waals surface area (Å²) < 4.78 is 0. The van der Waals surface area contributed by atoms with E-state index in [0.29, 0.717) is 6.04 Å². The highest BCUT2D eigenvalue weighted by atomic mass is 15.1. The van der Waals surface area contributed by atoms with E-state index in [1.165, 1.54) is 51.5 Å². The van der Waals surface area contributed by atoms with Crippen LogP contribution in [0.5, 0.6) is 0 Å². The van der Waals surface area contributed by atoms with Gasteiger partial charge in [-0.1, -0.05) is 32.6 Å². The molecule has 1 aliphatic heterocycles. The molecule has 0 bridgehead atoms. The molecule has 2 heteroatoms. The minimum atomic E-state index is 0.262. The van der Waals surface area contributed by atoms with Gasteiger partial charge in [0.1, 0.15) is 0 Å². The summed E-state index contributed by atoms with van der Waals surface area (Å²) in [4.78, 5) is 0. The molecule has 0 aromatic heterocycles. The lowest BCUT2D eigenvalue weighted by atomic mass is 9.79. The topological polar surface area (TPSA) is 24.1 Å². The highest BCUT2D eigenvalue weighted by Crippen LogP contribution is 2.35. The number of hydrogen-bond donors (Lipinski definition) is 2. The Hall–Kier alpha value is -0.0800. The molecule has 1 heterocycles. The van der Waals surface area contributed by atoms with Crippen molar-refractivity contribution in [2.45, 2.75) is 96.7 Å². The van der Waals surface area contributed by atoms with Crippen molar-refractivity contribution >= 4 is 0 Å². The van der Waals surface area contributed by atoms with Crippen molar-refractivity contribution in [3.8, 4) is 0 Å². The summed E-state index contributed by atoms with van der Waals surface area (Å²) in [5.74, 6) is 1.94. The van der Waals surface area contributed by atoms with Crippen molar-refractivity contribution < 1.29 is 0 Å². The Morgan fingerprint density at radius 1 is 1.00 bits per heavy atom. The zero-order chi connectivity index (χ0) is 14.8. The molecule has 2 rings (SSSR count). The molecule has 1 aliphatic carbocycles. The average Bonchev–Trinajstić information content (AvgIpc) is 2.70. The Bertz CT molecular complexity index is 293. The van der Waals surface area contributed by atoms with Crippen LogP contribution in [0.15, 0.2) is 0 Å². The van der Waals surface area contributed by atoms with Gasteiger partial charge >= 0.3 is 0 Å². The normalized spacial score (nSPS) is 33.5. The van der Waals surface area contributed by atoms with Gasteiger partial charge in [0.2, 0.25) is 0 Å². The smallest absolute Gasteiger partial charge is 0.0144 e. The molecule has 0 amide bonds. The minimum absolute atomic E-state index is 0.262. The van der Waals surface area contributed by atoms with Gasteiger partial charge in [-0.3, -0.25) is 0 Å². The minimum Gasteiger partial charge on any atom is -0.314 e. The van der Waals surface area contributed by atoms with Crippen LogP contribution in [-0.2, 0) is 0 Å². The molecule has 2 aliphatic rings. The standard InChI is InChI=1S/C18H36N2/c1-6-8-14-9-7-10-15(14)13-19-16-11-17(2,3)20-18(4,5)12-16/h14-16,19-20H,6-13H2,1-5H3. The first-order valence-corrected chi connectivity index (χ1v) is 8.84. The fourth-order valence-corrected chi connectivity index (χ4v) is 4.92. The largest absolute Gasteiger partial charge is 0.314 e. The van der Waals surface area contributed by atoms with E-state index in [1.807, 2.05) is 0 Å². The second-order valence-electron chi connectivity index (χ2n) is 8.65. The number of hydrogen-bond acceptors (Lipinski definition) is 2. The van der Waals surface area contributed by atoms with Crippen LogP contribution in [-0.4, -0.2) is 23.7 Å². The Morgan fingerprint density at radius 3 is 2.20 bits per heavy atom. The zero-order valence-corrected chi connectivity index (χ0v) is 14.4. The molecule has 20 heavy (non-hydrogen) atoms. The van der Waals surface area contributed by atoms with Crippen LogP contribution in [0.25, 0.3) is 0 Å². The summed E-state index contributed by atoms with van der Waals surface area (Å²) >= 11 is 0. The van der Waals surface area contributed by atoms with Crippen LogP contribution in [0.4, 0.5) is 0 Å². The molecule has 1 saturated carbocycles. The van der Waals surface area contributed by atoms with Crippen LogP contribution in [0, 0.1) is 11.8 Å². The molecule has 1 saturated heterocycles. The molecule has 2 nitrogen and oxygen atoms in total. The van der Waals surface area contributed by atoms with Crippen molar-refractivity contribution in [3.63, 3.8) is 0 Å². The van der Waals surface area contributed by atoms with Crippen LogP contribution in [0.1, 0.15) is 79.6 Å². The molecule has 2 N–H and O–H groups in total. The van der Waals surface area contributed by atoms with Gasteiger partial charge in [0, 0.05) is 17.1 Å². The van der Waals surface area contributed by atoms with Gasteiger partial charge in [0.05, 0.1) is 0 Å². The van der Waals surface area contributed by atoms with Crippen LogP contribution in [0.3, 0.4) is 0 Å². The van der Waals surface area contributed by atoms with Gasteiger partial charge in [-0.05, 0) is 65.3 Å². The lowest BCUT2D eigenvalue weighted by Crippen LogP contribution is -2.61. The average molecular weight is 281 g/mol. The van der Waals surface area contributed by atoms with Gasteiger partial charge < -0.3 is 10.6 Å². The van der Waals surface area contributed by atoms with Crippen molar-refractivity contribution in [1.82, 2.24) is 10.6 Å². The predicted octanol–water partition coefficient (Wildman–Crippen LogP) is 4.10. The molecular formula is C18H36N2. The molecular weight excluding hydrogens is 244 g/mol. The van der Waals surface area contributed by atoms with E-state index < -0.39 is 0 Å². The van der Waals surface area contributed by atoms with E-state index in [0.717, 1.165) is 11.8 Å². The second-order valence-corrected chi connectivity index (χ2v) is 8.65. The third kappa shape index (κ3) is 4.46. The first-order chi connectivity index (χ1) is 9.31. The second kappa shape index (κ2) is 6.36. The number of rotatable bonds is 5. The highest BCUT2D eigenvalue weighted by Gasteiger charge is 2.38. The predicted molar refractivity (Wildman–Crippen MR) is 88.1 cm³/mol. The van der Waals surface area contributed by atoms with Gasteiger partial charge in [-0.15, -0.1) is 0 Å². The maximum atomic E-state index is 3.92. The lowest BCUT2D eigenvalue weighted by molar-refractivity contribution is 0.141. The maximum absolute atomic E-state index is 3.92. The molecule has 0 spiro atoms. The van der Waals surface area contributed by atoms with E-state index in [4.69, 9.17) is 0 Å². The first kappa shape index (κ1) is 16.3. The zero-order valence-electron chi connectivity index (χ0n) is 14.4. The SMILES string of the molecule is CCCC1CCCC1CNC1CC(C)(C)NC(C)(C)C1. The van der Waals surface area contributed by atoms with Gasteiger partial charge in [0.15, 0.2) is 0 Å². The van der Waals surface area contributed by atoms with Gasteiger partial charge in [-0.2, -0.15) is 0 Å². The molecule has 2 fully saturated rings. The summed E-state index contributed by atoms with van der Waals surface area (Å²) in [5.41, 5.74) is 0.524. The summed E-state index contributed by atoms with van der Waals surface area (Å²) in [6.45, 7) is 13.0.